The molecule has 0 bridgehead atoms. The molecule has 0 radical (unpaired) electrons. The molecule has 120 valence electrons. The molecule has 1 aromatic rings. The molecule has 2 heterocycles. The van der Waals surface area contributed by atoms with Gasteiger partial charge < -0.3 is 9.80 Å². The number of aromatic nitrogens is 1. The molecule has 2 rings (SSSR count). The lowest BCUT2D eigenvalue weighted by atomic mass is 9.95. The Hall–Kier alpha value is -1.98. The number of halogens is 1. The summed E-state index contributed by atoms with van der Waals surface area (Å²) in [4.78, 5) is 31.8. The van der Waals surface area contributed by atoms with E-state index in [0.717, 1.165) is 19.0 Å². The van der Waals surface area contributed by atoms with Crippen LogP contribution in [0.3, 0.4) is 0 Å². The summed E-state index contributed by atoms with van der Waals surface area (Å²) < 4.78 is 13.7. The number of hydrogen-bond acceptors (Lipinski definition) is 3. The lowest BCUT2D eigenvalue weighted by molar-refractivity contribution is -0.137. The zero-order valence-corrected chi connectivity index (χ0v) is 13.3. The molecular weight excluding hydrogens is 285 g/mol. The summed E-state index contributed by atoms with van der Waals surface area (Å²) in [6.45, 7) is 4.80. The number of piperidine rings is 1. The minimum Gasteiger partial charge on any atom is -0.343 e. The standard InChI is InChI=1S/C16H22FN3O2/c1-11(2)19(3)15(21)12-5-4-8-20(10-12)16(22)13-6-7-18-9-14(13)17/h6-7,9,11-12H,4-5,8,10H2,1-3H3. The normalized spacial score (nSPS) is 18.4. The Morgan fingerprint density at radius 1 is 1.45 bits per heavy atom. The van der Waals surface area contributed by atoms with E-state index in [0.29, 0.717) is 13.1 Å². The van der Waals surface area contributed by atoms with Gasteiger partial charge in [-0.2, -0.15) is 0 Å². The summed E-state index contributed by atoms with van der Waals surface area (Å²) in [5.41, 5.74) is 0.0142. The fourth-order valence-electron chi connectivity index (χ4n) is 2.62. The van der Waals surface area contributed by atoms with Crippen molar-refractivity contribution < 1.29 is 14.0 Å². The predicted molar refractivity (Wildman–Crippen MR) is 80.7 cm³/mol. The van der Waals surface area contributed by atoms with Crippen molar-refractivity contribution >= 4 is 11.8 Å². The first-order chi connectivity index (χ1) is 10.4. The predicted octanol–water partition coefficient (Wildman–Crippen LogP) is 1.94. The van der Waals surface area contributed by atoms with Crippen molar-refractivity contribution in [2.24, 2.45) is 5.92 Å². The minimum atomic E-state index is -0.625. The number of hydrogen-bond donors (Lipinski definition) is 0. The Morgan fingerprint density at radius 2 is 2.18 bits per heavy atom. The number of nitrogens with zero attached hydrogens (tertiary/aromatic N) is 3. The Kier molecular flexibility index (Phi) is 5.11. The topological polar surface area (TPSA) is 53.5 Å². The quantitative estimate of drug-likeness (QED) is 0.857. The van der Waals surface area contributed by atoms with Crippen LogP contribution in [0.15, 0.2) is 18.5 Å². The van der Waals surface area contributed by atoms with Crippen LogP contribution >= 0.6 is 0 Å². The smallest absolute Gasteiger partial charge is 0.256 e. The van der Waals surface area contributed by atoms with Crippen molar-refractivity contribution in [2.75, 3.05) is 20.1 Å². The molecule has 2 amide bonds. The van der Waals surface area contributed by atoms with Crippen LogP contribution in [0.4, 0.5) is 4.39 Å². The van der Waals surface area contributed by atoms with Crippen LogP contribution < -0.4 is 0 Å². The third-order valence-electron chi connectivity index (χ3n) is 4.18. The molecule has 0 N–H and O–H groups in total. The maximum atomic E-state index is 13.7. The number of carbonyl (C=O) groups is 2. The van der Waals surface area contributed by atoms with Gasteiger partial charge in [0.1, 0.15) is 0 Å². The highest BCUT2D eigenvalue weighted by Gasteiger charge is 2.31. The SMILES string of the molecule is CC(C)N(C)C(=O)C1CCCN(C(=O)c2ccncc2F)C1. The molecular formula is C16H22FN3O2. The van der Waals surface area contributed by atoms with Crippen molar-refractivity contribution in [3.63, 3.8) is 0 Å². The van der Waals surface area contributed by atoms with Gasteiger partial charge in [-0.1, -0.05) is 0 Å². The first-order valence-corrected chi connectivity index (χ1v) is 7.57. The average Bonchev–Trinajstić information content (AvgIpc) is 2.53. The van der Waals surface area contributed by atoms with Gasteiger partial charge in [0.05, 0.1) is 17.7 Å². The van der Waals surface area contributed by atoms with Gasteiger partial charge >= 0.3 is 0 Å². The monoisotopic (exact) mass is 307 g/mol. The molecule has 1 aliphatic rings. The van der Waals surface area contributed by atoms with Crippen molar-refractivity contribution in [3.8, 4) is 0 Å². The van der Waals surface area contributed by atoms with Crippen LogP contribution in [0.2, 0.25) is 0 Å². The molecule has 1 saturated heterocycles. The van der Waals surface area contributed by atoms with Crippen molar-refractivity contribution in [1.29, 1.82) is 0 Å². The number of amides is 2. The summed E-state index contributed by atoms with van der Waals surface area (Å²) >= 11 is 0. The first-order valence-electron chi connectivity index (χ1n) is 7.57. The number of rotatable bonds is 3. The molecule has 1 fully saturated rings. The maximum Gasteiger partial charge on any atom is 0.256 e. The highest BCUT2D eigenvalue weighted by molar-refractivity contribution is 5.94. The molecule has 6 heteroatoms. The van der Waals surface area contributed by atoms with Crippen LogP contribution in [0, 0.1) is 11.7 Å². The molecule has 0 saturated carbocycles. The summed E-state index contributed by atoms with van der Waals surface area (Å²) in [6.07, 6.45) is 3.95. The Morgan fingerprint density at radius 3 is 2.82 bits per heavy atom. The van der Waals surface area contributed by atoms with Gasteiger partial charge in [0, 0.05) is 32.4 Å². The van der Waals surface area contributed by atoms with Crippen LogP contribution in [-0.2, 0) is 4.79 Å². The molecule has 0 aromatic carbocycles. The molecule has 1 aromatic heterocycles. The van der Waals surface area contributed by atoms with Gasteiger partial charge in [-0.05, 0) is 32.8 Å². The minimum absolute atomic E-state index is 0.0142. The largest absolute Gasteiger partial charge is 0.343 e. The Labute approximate surface area is 130 Å². The summed E-state index contributed by atoms with van der Waals surface area (Å²) in [5.74, 6) is -1.16. The van der Waals surface area contributed by atoms with E-state index in [1.165, 1.54) is 12.3 Å². The second-order valence-electron chi connectivity index (χ2n) is 5.99. The van der Waals surface area contributed by atoms with E-state index < -0.39 is 5.82 Å². The van der Waals surface area contributed by atoms with Crippen LogP contribution in [0.25, 0.3) is 0 Å². The van der Waals surface area contributed by atoms with Crippen LogP contribution in [0.1, 0.15) is 37.0 Å². The zero-order valence-electron chi connectivity index (χ0n) is 13.3. The Balaban J connectivity index is 2.09. The van der Waals surface area contributed by atoms with Gasteiger partial charge in [0.25, 0.3) is 5.91 Å². The van der Waals surface area contributed by atoms with E-state index >= 15 is 0 Å². The van der Waals surface area contributed by atoms with E-state index in [9.17, 15) is 14.0 Å². The van der Waals surface area contributed by atoms with E-state index in [1.807, 2.05) is 13.8 Å². The Bertz CT molecular complexity index is 562. The van der Waals surface area contributed by atoms with E-state index in [4.69, 9.17) is 0 Å². The van der Waals surface area contributed by atoms with Crippen LogP contribution in [-0.4, -0.2) is 52.8 Å². The fourth-order valence-corrected chi connectivity index (χ4v) is 2.62. The molecule has 5 nitrogen and oxygen atoms in total. The summed E-state index contributed by atoms with van der Waals surface area (Å²) in [6, 6.07) is 1.50. The summed E-state index contributed by atoms with van der Waals surface area (Å²) in [5, 5.41) is 0. The third-order valence-corrected chi connectivity index (χ3v) is 4.18. The van der Waals surface area contributed by atoms with Crippen LogP contribution in [0.5, 0.6) is 0 Å². The lowest BCUT2D eigenvalue weighted by Crippen LogP contribution is -2.47. The molecule has 1 aliphatic heterocycles. The third kappa shape index (κ3) is 3.43. The van der Waals surface area contributed by atoms with Gasteiger partial charge in [-0.15, -0.1) is 0 Å². The number of pyridine rings is 1. The molecule has 0 aliphatic carbocycles. The average molecular weight is 307 g/mol. The highest BCUT2D eigenvalue weighted by Crippen LogP contribution is 2.21. The second kappa shape index (κ2) is 6.85. The van der Waals surface area contributed by atoms with E-state index in [-0.39, 0.29) is 29.3 Å². The van der Waals surface area contributed by atoms with Gasteiger partial charge in [0.15, 0.2) is 5.82 Å². The highest BCUT2D eigenvalue weighted by atomic mass is 19.1. The zero-order chi connectivity index (χ0) is 16.3. The van der Waals surface area contributed by atoms with Crippen molar-refractivity contribution in [1.82, 2.24) is 14.8 Å². The van der Waals surface area contributed by atoms with Gasteiger partial charge in [-0.25, -0.2) is 4.39 Å². The number of likely N-dealkylation sites (tertiary alicyclic amines) is 1. The van der Waals surface area contributed by atoms with Gasteiger partial charge in [-0.3, -0.25) is 14.6 Å². The molecule has 22 heavy (non-hydrogen) atoms. The first kappa shape index (κ1) is 16.4. The lowest BCUT2D eigenvalue weighted by Gasteiger charge is -2.35. The second-order valence-corrected chi connectivity index (χ2v) is 5.99. The fraction of sp³-hybridized carbons (Fsp3) is 0.562. The van der Waals surface area contributed by atoms with Crippen molar-refractivity contribution in [2.45, 2.75) is 32.7 Å². The molecule has 0 spiro atoms. The summed E-state index contributed by atoms with van der Waals surface area (Å²) in [7, 11) is 1.77. The van der Waals surface area contributed by atoms with Gasteiger partial charge in [0.2, 0.25) is 5.91 Å². The van der Waals surface area contributed by atoms with E-state index in [2.05, 4.69) is 4.98 Å². The number of carbonyl (C=O) groups excluding carboxylic acids is 2. The maximum absolute atomic E-state index is 13.7. The van der Waals surface area contributed by atoms with Crippen molar-refractivity contribution in [3.05, 3.63) is 29.8 Å². The van der Waals surface area contributed by atoms with E-state index in [1.54, 1.807) is 16.8 Å². The molecule has 1 atom stereocenters. The molecule has 1 unspecified atom stereocenters.